The highest BCUT2D eigenvalue weighted by Gasteiger charge is 2.43. The van der Waals surface area contributed by atoms with Crippen LogP contribution in [0.1, 0.15) is 101 Å². The lowest BCUT2D eigenvalue weighted by atomic mass is 9.75. The zero-order chi connectivity index (χ0) is 41.3. The molecule has 0 spiro atoms. The van der Waals surface area contributed by atoms with Crippen LogP contribution < -0.4 is 21.1 Å². The highest BCUT2D eigenvalue weighted by molar-refractivity contribution is 6.31. The zero-order valence-corrected chi connectivity index (χ0v) is 31.9. The molecule has 2 aromatic rings. The second-order valence-corrected chi connectivity index (χ2v) is 15.4. The number of amides is 4. The molecular formula is C40H50N4O13. The van der Waals surface area contributed by atoms with Gasteiger partial charge in [0, 0.05) is 35.6 Å². The molecule has 308 valence electrons. The van der Waals surface area contributed by atoms with E-state index < -0.39 is 78.6 Å². The van der Waals surface area contributed by atoms with Crippen molar-refractivity contribution in [3.63, 3.8) is 0 Å². The number of phenolic OH excluding ortho intramolecular Hbond substituents is 2. The maximum Gasteiger partial charge on any atom is 0.324 e. The number of nitrogens with two attached hydrogens (primary N) is 1. The summed E-state index contributed by atoms with van der Waals surface area (Å²) in [6, 6.07) is 1.83. The minimum Gasteiger partial charge on any atom is -0.507 e. The largest absolute Gasteiger partial charge is 0.507 e. The Labute approximate surface area is 328 Å². The molecule has 2 aliphatic heterocycles. The first-order valence-electron chi connectivity index (χ1n) is 19.4. The first-order chi connectivity index (χ1) is 27.2. The zero-order valence-electron chi connectivity index (χ0n) is 31.9. The summed E-state index contributed by atoms with van der Waals surface area (Å²) in [5.74, 6) is -3.42. The minimum atomic E-state index is -1.07. The number of hydrogen-bond acceptors (Lipinski definition) is 14. The second-order valence-electron chi connectivity index (χ2n) is 15.4. The third-order valence-corrected chi connectivity index (χ3v) is 12.0. The van der Waals surface area contributed by atoms with Gasteiger partial charge in [-0.2, -0.15) is 0 Å². The number of urea groups is 1. The molecule has 9 N–H and O–H groups in total. The van der Waals surface area contributed by atoms with Crippen molar-refractivity contribution in [2.45, 2.75) is 108 Å². The summed E-state index contributed by atoms with van der Waals surface area (Å²) in [5.41, 5.74) is 6.34. The van der Waals surface area contributed by atoms with E-state index in [1.807, 2.05) is 0 Å². The maximum absolute atomic E-state index is 13.1. The van der Waals surface area contributed by atoms with Crippen LogP contribution in [0.2, 0.25) is 0 Å². The number of imide groups is 1. The van der Waals surface area contributed by atoms with Gasteiger partial charge in [-0.15, -0.1) is 0 Å². The number of benzene rings is 2. The SMILES string of the molecule is CC1OC(O)CC(NC(=O)C2CCN2C(=O)NC(=O)C(N)C2CCCCC2)C1O.COc1cccc2c1C(=O)c1c(O)c3c(c(O)c1C2=O)CC(C(=O)CO)CC3. The van der Waals surface area contributed by atoms with Gasteiger partial charge < -0.3 is 51.0 Å². The molecule has 7 atom stereocenters. The van der Waals surface area contributed by atoms with E-state index >= 15 is 0 Å². The predicted molar refractivity (Wildman–Crippen MR) is 200 cm³/mol. The number of aromatic hydroxyl groups is 2. The summed E-state index contributed by atoms with van der Waals surface area (Å²) < 4.78 is 10.3. The van der Waals surface area contributed by atoms with Gasteiger partial charge in [0.25, 0.3) is 0 Å². The smallest absolute Gasteiger partial charge is 0.324 e. The van der Waals surface area contributed by atoms with Crippen molar-refractivity contribution < 1.29 is 63.8 Å². The summed E-state index contributed by atoms with van der Waals surface area (Å²) in [6.45, 7) is 1.35. The van der Waals surface area contributed by atoms with Crippen LogP contribution in [0.15, 0.2) is 18.2 Å². The first-order valence-corrected chi connectivity index (χ1v) is 19.4. The number of aliphatic hydroxyl groups is 3. The average molecular weight is 795 g/mol. The van der Waals surface area contributed by atoms with E-state index in [1.165, 1.54) is 18.1 Å². The number of ketones is 3. The number of aliphatic hydroxyl groups excluding tert-OH is 3. The number of phenols is 2. The molecule has 1 saturated carbocycles. The van der Waals surface area contributed by atoms with E-state index in [9.17, 15) is 49.2 Å². The third kappa shape index (κ3) is 8.12. The molecule has 0 aromatic heterocycles. The number of likely N-dealkylation sites (tertiary alicyclic amines) is 1. The average Bonchev–Trinajstić information content (AvgIpc) is 3.19. The van der Waals surface area contributed by atoms with Gasteiger partial charge >= 0.3 is 6.03 Å². The quantitative estimate of drug-likeness (QED) is 0.153. The Hall–Kier alpha value is -4.94. The van der Waals surface area contributed by atoms with E-state index in [0.717, 1.165) is 32.1 Å². The van der Waals surface area contributed by atoms with Crippen molar-refractivity contribution in [3.05, 3.63) is 51.6 Å². The van der Waals surface area contributed by atoms with Gasteiger partial charge in [0.1, 0.15) is 36.0 Å². The van der Waals surface area contributed by atoms with E-state index in [0.29, 0.717) is 24.9 Å². The predicted octanol–water partition coefficient (Wildman–Crippen LogP) is 0.726. The summed E-state index contributed by atoms with van der Waals surface area (Å²) in [6.07, 6.45) is 3.58. The first kappa shape index (κ1) is 41.7. The molecule has 57 heavy (non-hydrogen) atoms. The highest BCUT2D eigenvalue weighted by Crippen LogP contribution is 2.47. The van der Waals surface area contributed by atoms with Gasteiger partial charge in [-0.3, -0.25) is 29.3 Å². The Morgan fingerprint density at radius 1 is 0.965 bits per heavy atom. The number of methoxy groups -OCH3 is 1. The second kappa shape index (κ2) is 17.3. The fraction of sp³-hybridized carbons (Fsp3) is 0.550. The van der Waals surface area contributed by atoms with Crippen molar-refractivity contribution in [1.82, 2.24) is 15.5 Å². The Bertz CT molecular complexity index is 1950. The molecule has 2 saturated heterocycles. The van der Waals surface area contributed by atoms with Gasteiger partial charge in [-0.1, -0.05) is 31.4 Å². The van der Waals surface area contributed by atoms with E-state index in [-0.39, 0.29) is 76.0 Å². The number of Topliss-reactive ketones (excluding diaryl/α,β-unsaturated/α-hetero) is 1. The number of hydrogen-bond donors (Lipinski definition) is 8. The normalized spacial score (nSPS) is 26.0. The van der Waals surface area contributed by atoms with E-state index in [4.69, 9.17) is 20.3 Å². The van der Waals surface area contributed by atoms with Crippen molar-refractivity contribution in [2.75, 3.05) is 20.3 Å². The van der Waals surface area contributed by atoms with Gasteiger partial charge in [0.05, 0.1) is 42.0 Å². The molecule has 7 unspecified atom stereocenters. The van der Waals surface area contributed by atoms with Gasteiger partial charge in [0.2, 0.25) is 17.6 Å². The molecular weight excluding hydrogens is 744 g/mol. The molecule has 0 bridgehead atoms. The van der Waals surface area contributed by atoms with Crippen molar-refractivity contribution in [1.29, 1.82) is 0 Å². The summed E-state index contributed by atoms with van der Waals surface area (Å²) in [7, 11) is 1.38. The number of nitrogens with zero attached hydrogens (tertiary/aromatic N) is 1. The topological polar surface area (TPSA) is 275 Å². The Morgan fingerprint density at radius 3 is 2.30 bits per heavy atom. The van der Waals surface area contributed by atoms with Gasteiger partial charge in [-0.05, 0) is 57.4 Å². The molecule has 3 fully saturated rings. The molecule has 17 heteroatoms. The number of fused-ring (bicyclic) bond motifs is 3. The van der Waals surface area contributed by atoms with Gasteiger partial charge in [0.15, 0.2) is 17.9 Å². The lowest BCUT2D eigenvalue weighted by Gasteiger charge is -2.42. The van der Waals surface area contributed by atoms with Crippen molar-refractivity contribution in [2.24, 2.45) is 17.6 Å². The number of nitrogens with one attached hydrogen (secondary N) is 2. The minimum absolute atomic E-state index is 0.0568. The lowest BCUT2D eigenvalue weighted by molar-refractivity contribution is -0.203. The molecule has 2 heterocycles. The molecule has 5 aliphatic rings. The van der Waals surface area contributed by atoms with Crippen molar-refractivity contribution in [3.8, 4) is 17.2 Å². The third-order valence-electron chi connectivity index (χ3n) is 12.0. The van der Waals surface area contributed by atoms with Crippen LogP contribution in [-0.4, -0.2) is 123 Å². The molecule has 4 amide bonds. The summed E-state index contributed by atoms with van der Waals surface area (Å²) >= 11 is 0. The van der Waals surface area contributed by atoms with Crippen LogP contribution in [0.25, 0.3) is 0 Å². The van der Waals surface area contributed by atoms with Crippen LogP contribution in [0.4, 0.5) is 4.79 Å². The summed E-state index contributed by atoms with van der Waals surface area (Å²) in [4.78, 5) is 76.7. The van der Waals surface area contributed by atoms with Crippen LogP contribution in [0, 0.1) is 11.8 Å². The fourth-order valence-electron chi connectivity index (χ4n) is 8.57. The molecule has 3 aliphatic carbocycles. The lowest BCUT2D eigenvalue weighted by Crippen LogP contribution is -2.65. The summed E-state index contributed by atoms with van der Waals surface area (Å²) in [5, 5.41) is 55.6. The Kier molecular flexibility index (Phi) is 12.6. The fourth-order valence-corrected chi connectivity index (χ4v) is 8.57. The van der Waals surface area contributed by atoms with E-state index in [2.05, 4.69) is 10.6 Å². The van der Waals surface area contributed by atoms with Crippen LogP contribution in [0.3, 0.4) is 0 Å². The maximum atomic E-state index is 13.1. The monoisotopic (exact) mass is 794 g/mol. The van der Waals surface area contributed by atoms with Crippen LogP contribution in [-0.2, 0) is 32.0 Å². The van der Waals surface area contributed by atoms with Crippen LogP contribution in [0.5, 0.6) is 17.2 Å². The van der Waals surface area contributed by atoms with Gasteiger partial charge in [-0.25, -0.2) is 4.79 Å². The molecule has 2 aromatic carbocycles. The molecule has 17 nitrogen and oxygen atoms in total. The van der Waals surface area contributed by atoms with Crippen LogP contribution >= 0.6 is 0 Å². The molecule has 7 rings (SSSR count). The molecule has 0 radical (unpaired) electrons. The van der Waals surface area contributed by atoms with E-state index in [1.54, 1.807) is 19.1 Å². The number of carbonyl (C=O) groups is 6. The Morgan fingerprint density at radius 2 is 1.65 bits per heavy atom. The number of carbonyl (C=O) groups excluding carboxylic acids is 6. The van der Waals surface area contributed by atoms with Crippen molar-refractivity contribution >= 4 is 35.2 Å². The number of rotatable bonds is 7. The Balaban J connectivity index is 0.000000193. The number of ether oxygens (including phenoxy) is 2. The highest BCUT2D eigenvalue weighted by atomic mass is 16.6. The standard InChI is InChI=1S/C21H18O7.C19H32N4O6/c1-28-14-4-2-3-11-15(14)21(27)17-16(19(11)25)20(26)12-7-9(13(23)8-22)5-6-10(12)18(17)24;1-10-16(25)12(9-14(24)29-10)21-17(26)13-7-8-23(13)19(28)22-18(27)15(20)11-5-3-2-4-6-11/h2-4,9,22,24,26H,5-8H2,1H3;10-16,24-25H,2-9,20H2,1H3,(H,21,26)(H,22,27,28).